The molecule has 2 aromatic carbocycles. The molecule has 3 rings (SSSR count). The molecule has 0 aliphatic heterocycles. The fourth-order valence-corrected chi connectivity index (χ4v) is 3.25. The highest BCUT2D eigenvalue weighted by atomic mass is 32.2. The molecule has 0 aliphatic carbocycles. The Morgan fingerprint density at radius 1 is 1.19 bits per heavy atom. The third-order valence-electron chi connectivity index (χ3n) is 3.94. The Bertz CT molecular complexity index is 963. The van der Waals surface area contributed by atoms with Gasteiger partial charge in [0.2, 0.25) is 0 Å². The van der Waals surface area contributed by atoms with Crippen LogP contribution in [0.2, 0.25) is 0 Å². The van der Waals surface area contributed by atoms with Gasteiger partial charge in [-0.15, -0.1) is 0 Å². The van der Waals surface area contributed by atoms with Crippen molar-refractivity contribution in [3.63, 3.8) is 0 Å². The van der Waals surface area contributed by atoms with E-state index in [1.54, 1.807) is 24.4 Å². The van der Waals surface area contributed by atoms with Crippen LogP contribution in [0, 0.1) is 11.2 Å². The first-order valence-corrected chi connectivity index (χ1v) is 9.04. The summed E-state index contributed by atoms with van der Waals surface area (Å²) in [6.45, 7) is 1.11. The Balaban J connectivity index is 1.89. The van der Waals surface area contributed by atoms with Crippen molar-refractivity contribution < 1.29 is 4.39 Å². The number of aromatic nitrogens is 1. The van der Waals surface area contributed by atoms with Crippen molar-refractivity contribution in [3.05, 3.63) is 60.0 Å². The molecule has 0 unspecified atom stereocenters. The van der Waals surface area contributed by atoms with Gasteiger partial charge in [0.1, 0.15) is 10.9 Å². The van der Waals surface area contributed by atoms with Crippen molar-refractivity contribution in [1.29, 1.82) is 5.41 Å². The first kappa shape index (κ1) is 18.2. The number of H-pyrrole nitrogens is 1. The van der Waals surface area contributed by atoms with Crippen LogP contribution < -0.4 is 11.5 Å². The summed E-state index contributed by atoms with van der Waals surface area (Å²) in [5.74, 6) is -0.278. The highest BCUT2D eigenvalue weighted by molar-refractivity contribution is 8.26. The lowest BCUT2D eigenvalue weighted by Crippen LogP contribution is -2.12. The first-order chi connectivity index (χ1) is 12.6. The molecule has 0 saturated carbocycles. The molecule has 7 heteroatoms. The molecule has 134 valence electrons. The predicted octanol–water partition coefficient (Wildman–Crippen LogP) is 3.70. The van der Waals surface area contributed by atoms with E-state index in [2.05, 4.69) is 9.98 Å². The maximum atomic E-state index is 14.2. The number of aliphatic imine (C=N–C) groups is 1. The van der Waals surface area contributed by atoms with Crippen molar-refractivity contribution in [2.45, 2.75) is 6.42 Å². The minimum absolute atomic E-state index is 0.278. The van der Waals surface area contributed by atoms with E-state index in [0.29, 0.717) is 34.4 Å². The number of nitrogens with one attached hydrogen (secondary N) is 2. The second-order valence-electron chi connectivity index (χ2n) is 5.74. The topological polar surface area (TPSA) is 104 Å². The molecule has 0 fully saturated rings. The highest BCUT2D eigenvalue weighted by Crippen LogP contribution is 2.31. The molecule has 0 spiro atoms. The third kappa shape index (κ3) is 3.95. The summed E-state index contributed by atoms with van der Waals surface area (Å²) < 4.78 is 14.2. The van der Waals surface area contributed by atoms with Gasteiger partial charge in [0, 0.05) is 40.3 Å². The number of nitrogens with two attached hydrogens (primary N) is 2. The van der Waals surface area contributed by atoms with Gasteiger partial charge in [-0.1, -0.05) is 24.3 Å². The monoisotopic (exact) mass is 369 g/mol. The van der Waals surface area contributed by atoms with E-state index in [9.17, 15) is 4.39 Å². The number of nitrogens with zero attached hydrogens (tertiary/aromatic N) is 1. The van der Waals surface area contributed by atoms with Gasteiger partial charge in [-0.2, -0.15) is 0 Å². The van der Waals surface area contributed by atoms with Crippen molar-refractivity contribution in [2.75, 3.05) is 13.1 Å². The molecule has 0 radical (unpaired) electrons. The van der Waals surface area contributed by atoms with E-state index in [1.165, 1.54) is 6.07 Å². The Hall–Kier alpha value is -2.64. The summed E-state index contributed by atoms with van der Waals surface area (Å²) >= 11 is 1.11. The van der Waals surface area contributed by atoms with E-state index >= 15 is 0 Å². The lowest BCUT2D eigenvalue weighted by molar-refractivity contribution is 0.631. The molecule has 1 heterocycles. The van der Waals surface area contributed by atoms with Gasteiger partial charge >= 0.3 is 0 Å². The van der Waals surface area contributed by atoms with Gasteiger partial charge in [-0.25, -0.2) is 4.39 Å². The van der Waals surface area contributed by atoms with Gasteiger partial charge in [0.05, 0.1) is 0 Å². The molecular weight excluding hydrogens is 349 g/mol. The average molecular weight is 369 g/mol. The molecule has 0 atom stereocenters. The van der Waals surface area contributed by atoms with Gasteiger partial charge in [0.25, 0.3) is 0 Å². The van der Waals surface area contributed by atoms with Crippen LogP contribution in [0.4, 0.5) is 4.39 Å². The Morgan fingerprint density at radius 2 is 2.00 bits per heavy atom. The molecule has 6 N–H and O–H groups in total. The minimum Gasteiger partial charge on any atom is -0.378 e. The van der Waals surface area contributed by atoms with Gasteiger partial charge in [-0.05, 0) is 42.9 Å². The number of fused-ring (bicyclic) bond motifs is 1. The molecule has 0 aliphatic rings. The zero-order valence-corrected chi connectivity index (χ0v) is 14.9. The van der Waals surface area contributed by atoms with E-state index in [-0.39, 0.29) is 5.82 Å². The summed E-state index contributed by atoms with van der Waals surface area (Å²) in [6, 6.07) is 12.2. The van der Waals surface area contributed by atoms with Crippen LogP contribution >= 0.6 is 11.8 Å². The Labute approximate surface area is 155 Å². The van der Waals surface area contributed by atoms with Crippen LogP contribution in [0.5, 0.6) is 0 Å². The molecule has 0 amide bonds. The number of thioether (sulfide) groups is 1. The number of benzene rings is 2. The molecule has 5 nitrogen and oxygen atoms in total. The van der Waals surface area contributed by atoms with Gasteiger partial charge < -0.3 is 16.5 Å². The molecule has 1 aromatic heterocycles. The minimum atomic E-state index is -0.278. The summed E-state index contributed by atoms with van der Waals surface area (Å²) in [4.78, 5) is 7.34. The normalized spacial score (nSPS) is 11.8. The van der Waals surface area contributed by atoms with E-state index in [4.69, 9.17) is 16.9 Å². The molecule has 0 bridgehead atoms. The smallest absolute Gasteiger partial charge is 0.160 e. The van der Waals surface area contributed by atoms with E-state index in [1.807, 2.05) is 18.2 Å². The van der Waals surface area contributed by atoms with Crippen LogP contribution in [0.15, 0.2) is 53.7 Å². The second kappa shape index (κ2) is 8.16. The maximum absolute atomic E-state index is 14.2. The van der Waals surface area contributed by atoms with Crippen LogP contribution in [0.25, 0.3) is 22.0 Å². The van der Waals surface area contributed by atoms with Gasteiger partial charge in [-0.3, -0.25) is 10.4 Å². The van der Waals surface area contributed by atoms with Crippen LogP contribution in [-0.4, -0.2) is 28.3 Å². The summed E-state index contributed by atoms with van der Waals surface area (Å²) in [6.07, 6.45) is 2.54. The fourth-order valence-electron chi connectivity index (χ4n) is 2.64. The van der Waals surface area contributed by atoms with Crippen LogP contribution in [0.3, 0.4) is 0 Å². The zero-order chi connectivity index (χ0) is 18.5. The van der Waals surface area contributed by atoms with Crippen LogP contribution in [-0.2, 0) is 0 Å². The van der Waals surface area contributed by atoms with Gasteiger partial charge in [0.15, 0.2) is 5.17 Å². The number of amidine groups is 1. The van der Waals surface area contributed by atoms with E-state index in [0.717, 1.165) is 34.6 Å². The molecule has 3 aromatic rings. The number of aromatic amines is 1. The maximum Gasteiger partial charge on any atom is 0.160 e. The first-order valence-electron chi connectivity index (χ1n) is 8.23. The number of rotatable bonds is 5. The predicted molar refractivity (Wildman–Crippen MR) is 108 cm³/mol. The fraction of sp³-hybridized carbons (Fsp3) is 0.158. The average Bonchev–Trinajstić information content (AvgIpc) is 3.05. The van der Waals surface area contributed by atoms with Crippen molar-refractivity contribution in [3.8, 4) is 11.1 Å². The number of hydrogen-bond acceptors (Lipinski definition) is 4. The molecular formula is C19H20FN5S. The largest absolute Gasteiger partial charge is 0.378 e. The van der Waals surface area contributed by atoms with Crippen molar-refractivity contribution in [2.24, 2.45) is 16.5 Å². The summed E-state index contributed by atoms with van der Waals surface area (Å²) in [5.41, 5.74) is 14.2. The lowest BCUT2D eigenvalue weighted by atomic mass is 10.0. The summed E-state index contributed by atoms with van der Waals surface area (Å²) in [7, 11) is 0. The van der Waals surface area contributed by atoms with Crippen LogP contribution in [0.1, 0.15) is 12.0 Å². The number of halogens is 1. The van der Waals surface area contributed by atoms with Crippen molar-refractivity contribution in [1.82, 2.24) is 4.98 Å². The Kier molecular flexibility index (Phi) is 5.70. The highest BCUT2D eigenvalue weighted by Gasteiger charge is 2.12. The second-order valence-corrected chi connectivity index (χ2v) is 6.77. The summed E-state index contributed by atoms with van der Waals surface area (Å²) in [5, 5.41) is 9.77. The zero-order valence-electron chi connectivity index (χ0n) is 14.1. The van der Waals surface area contributed by atoms with E-state index < -0.39 is 0 Å². The Morgan fingerprint density at radius 3 is 2.77 bits per heavy atom. The quantitative estimate of drug-likeness (QED) is 0.313. The molecule has 26 heavy (non-hydrogen) atoms. The third-order valence-corrected chi connectivity index (χ3v) is 4.72. The number of hydrogen-bond donors (Lipinski definition) is 4. The lowest BCUT2D eigenvalue weighted by Gasteiger charge is -2.06. The SMILES string of the molecule is N=C(SC(N)=NCCCN)c1ccc2[nH]cc(-c3ccccc3F)c2c1. The van der Waals surface area contributed by atoms with Crippen molar-refractivity contribution >= 4 is 32.9 Å². The standard InChI is InChI=1S/C19H20FN5S/c20-16-5-2-1-4-13(16)15-11-25-17-7-6-12(10-14(15)17)18(22)26-19(23)24-9-3-8-21/h1-2,4-7,10-11,22,25H,3,8-9,21H2,(H2,23,24). The molecule has 0 saturated heterocycles.